The van der Waals surface area contributed by atoms with Gasteiger partial charge >= 0.3 is 0 Å². The molecule has 0 aromatic heterocycles. The molecule has 0 heterocycles. The van der Waals surface area contributed by atoms with Crippen molar-refractivity contribution in [3.8, 4) is 6.07 Å². The molecule has 0 aliphatic heterocycles. The van der Waals surface area contributed by atoms with E-state index < -0.39 is 5.60 Å². The van der Waals surface area contributed by atoms with Crippen LogP contribution in [0.2, 0.25) is 0 Å². The molecule has 1 aromatic rings. The van der Waals surface area contributed by atoms with Crippen molar-refractivity contribution >= 4 is 12.0 Å². The van der Waals surface area contributed by atoms with Gasteiger partial charge in [-0.05, 0) is 30.7 Å². The van der Waals surface area contributed by atoms with Crippen molar-refractivity contribution in [1.29, 1.82) is 5.26 Å². The van der Waals surface area contributed by atoms with E-state index in [0.717, 1.165) is 5.56 Å². The Labute approximate surface area is 124 Å². The Balaban J connectivity index is 2.45. The molecular weight excluding hydrogens is 268 g/mol. The van der Waals surface area contributed by atoms with Crippen LogP contribution < -0.4 is 5.32 Å². The van der Waals surface area contributed by atoms with Crippen LogP contribution in [0.3, 0.4) is 0 Å². The first-order chi connectivity index (χ1) is 9.96. The molecule has 2 N–H and O–H groups in total. The Morgan fingerprint density at radius 1 is 1.48 bits per heavy atom. The summed E-state index contributed by atoms with van der Waals surface area (Å²) < 4.78 is 4.90. The second-order valence-corrected chi connectivity index (χ2v) is 5.02. The molecule has 0 saturated carbocycles. The van der Waals surface area contributed by atoms with Crippen LogP contribution in [0.15, 0.2) is 30.3 Å². The molecule has 112 valence electrons. The van der Waals surface area contributed by atoms with Gasteiger partial charge in [-0.3, -0.25) is 4.79 Å². The summed E-state index contributed by atoms with van der Waals surface area (Å²) in [7, 11) is 1.56. The maximum Gasteiger partial charge on any atom is 0.244 e. The average Bonchev–Trinajstić information content (AvgIpc) is 2.49. The molecule has 0 aliphatic carbocycles. The van der Waals surface area contributed by atoms with E-state index in [9.17, 15) is 9.90 Å². The summed E-state index contributed by atoms with van der Waals surface area (Å²) >= 11 is 0. The minimum Gasteiger partial charge on any atom is -0.388 e. The Morgan fingerprint density at radius 3 is 2.71 bits per heavy atom. The Morgan fingerprint density at radius 2 is 2.14 bits per heavy atom. The van der Waals surface area contributed by atoms with Crippen LogP contribution >= 0.6 is 0 Å². The number of carbonyl (C=O) groups is 1. The maximum atomic E-state index is 11.7. The smallest absolute Gasteiger partial charge is 0.244 e. The van der Waals surface area contributed by atoms with Crippen LogP contribution in [0, 0.1) is 11.3 Å². The van der Waals surface area contributed by atoms with Crippen LogP contribution in [-0.2, 0) is 9.53 Å². The lowest BCUT2D eigenvalue weighted by molar-refractivity contribution is -0.117. The zero-order chi connectivity index (χ0) is 15.7. The predicted molar refractivity (Wildman–Crippen MR) is 80.3 cm³/mol. The Hall–Kier alpha value is -2.16. The number of benzene rings is 1. The van der Waals surface area contributed by atoms with E-state index in [-0.39, 0.29) is 12.5 Å². The van der Waals surface area contributed by atoms with Gasteiger partial charge in [0.05, 0.1) is 17.2 Å². The zero-order valence-electron chi connectivity index (χ0n) is 12.3. The number of hydrogen-bond donors (Lipinski definition) is 2. The quantitative estimate of drug-likeness (QED) is 0.744. The number of rotatable bonds is 7. The summed E-state index contributed by atoms with van der Waals surface area (Å²) in [5.41, 5.74) is 0.412. The van der Waals surface area contributed by atoms with Gasteiger partial charge in [0.25, 0.3) is 0 Å². The fourth-order valence-electron chi connectivity index (χ4n) is 1.59. The molecule has 0 bridgehead atoms. The zero-order valence-corrected chi connectivity index (χ0v) is 12.3. The van der Waals surface area contributed by atoms with E-state index in [0.29, 0.717) is 18.6 Å². The van der Waals surface area contributed by atoms with Crippen LogP contribution in [0.4, 0.5) is 0 Å². The lowest BCUT2D eigenvalue weighted by Crippen LogP contribution is -2.40. The fourth-order valence-corrected chi connectivity index (χ4v) is 1.59. The first-order valence-electron chi connectivity index (χ1n) is 6.64. The van der Waals surface area contributed by atoms with E-state index in [1.807, 2.05) is 6.07 Å². The van der Waals surface area contributed by atoms with Gasteiger partial charge in [0.15, 0.2) is 0 Å². The third-order valence-electron chi connectivity index (χ3n) is 2.96. The molecule has 0 aliphatic rings. The van der Waals surface area contributed by atoms with Gasteiger partial charge < -0.3 is 15.2 Å². The number of methoxy groups -OCH3 is 1. The van der Waals surface area contributed by atoms with Crippen LogP contribution in [-0.4, -0.2) is 36.9 Å². The molecule has 0 radical (unpaired) electrons. The number of amides is 1. The van der Waals surface area contributed by atoms with Crippen molar-refractivity contribution in [2.24, 2.45) is 0 Å². The summed E-state index contributed by atoms with van der Waals surface area (Å²) in [6, 6.07) is 8.93. The molecule has 1 aromatic carbocycles. The van der Waals surface area contributed by atoms with Gasteiger partial charge in [0.1, 0.15) is 0 Å². The van der Waals surface area contributed by atoms with Crippen LogP contribution in [0.5, 0.6) is 0 Å². The Bertz CT molecular complexity index is 527. The maximum absolute atomic E-state index is 11.7. The van der Waals surface area contributed by atoms with Gasteiger partial charge in [-0.2, -0.15) is 5.26 Å². The van der Waals surface area contributed by atoms with Crippen molar-refractivity contribution < 1.29 is 14.6 Å². The lowest BCUT2D eigenvalue weighted by Gasteiger charge is -2.22. The summed E-state index contributed by atoms with van der Waals surface area (Å²) in [6.45, 7) is 2.24. The summed E-state index contributed by atoms with van der Waals surface area (Å²) in [5, 5.41) is 21.3. The molecule has 5 nitrogen and oxygen atoms in total. The molecule has 5 heteroatoms. The van der Waals surface area contributed by atoms with Crippen molar-refractivity contribution in [1.82, 2.24) is 5.32 Å². The molecule has 1 atom stereocenters. The van der Waals surface area contributed by atoms with Crippen molar-refractivity contribution in [3.05, 3.63) is 41.5 Å². The van der Waals surface area contributed by atoms with Gasteiger partial charge in [-0.25, -0.2) is 0 Å². The number of hydrogen-bond acceptors (Lipinski definition) is 4. The molecule has 1 rings (SSSR count). The number of nitrogens with one attached hydrogen (secondary N) is 1. The summed E-state index contributed by atoms with van der Waals surface area (Å²) in [4.78, 5) is 11.7. The van der Waals surface area contributed by atoms with E-state index in [2.05, 4.69) is 5.32 Å². The standard InChI is InChI=1S/C16H20N2O3/c1-16(20,9-10-21-2)12-18-15(19)8-7-13-3-5-14(11-17)6-4-13/h3-8,20H,9-10,12H2,1-2H3,(H,18,19)/b8-7+. The molecule has 0 fully saturated rings. The fraction of sp³-hybridized carbons (Fsp3) is 0.375. The van der Waals surface area contributed by atoms with Crippen molar-refractivity contribution in [3.63, 3.8) is 0 Å². The second kappa shape index (κ2) is 8.20. The van der Waals surface area contributed by atoms with E-state index in [1.54, 1.807) is 44.4 Å². The second-order valence-electron chi connectivity index (χ2n) is 5.02. The molecular formula is C16H20N2O3. The van der Waals surface area contributed by atoms with Crippen LogP contribution in [0.1, 0.15) is 24.5 Å². The Kier molecular flexibility index (Phi) is 6.60. The highest BCUT2D eigenvalue weighted by Gasteiger charge is 2.20. The minimum absolute atomic E-state index is 0.160. The van der Waals surface area contributed by atoms with Gasteiger partial charge in [0, 0.05) is 32.8 Å². The average molecular weight is 288 g/mol. The molecule has 1 amide bonds. The number of nitriles is 1. The molecule has 1 unspecified atom stereocenters. The van der Waals surface area contributed by atoms with Crippen LogP contribution in [0.25, 0.3) is 6.08 Å². The number of carbonyl (C=O) groups excluding carboxylic acids is 1. The monoisotopic (exact) mass is 288 g/mol. The number of nitrogens with zero attached hydrogens (tertiary/aromatic N) is 1. The summed E-state index contributed by atoms with van der Waals surface area (Å²) in [5.74, 6) is -0.281. The number of ether oxygens (including phenoxy) is 1. The normalized spacial score (nSPS) is 13.6. The topological polar surface area (TPSA) is 82.3 Å². The van der Waals surface area contributed by atoms with Gasteiger partial charge in [-0.1, -0.05) is 12.1 Å². The first-order valence-corrected chi connectivity index (χ1v) is 6.64. The van der Waals surface area contributed by atoms with Crippen molar-refractivity contribution in [2.45, 2.75) is 18.9 Å². The minimum atomic E-state index is -0.992. The third kappa shape index (κ3) is 6.70. The van der Waals surface area contributed by atoms with Gasteiger partial charge in [-0.15, -0.1) is 0 Å². The highest BCUT2D eigenvalue weighted by Crippen LogP contribution is 2.08. The van der Waals surface area contributed by atoms with E-state index >= 15 is 0 Å². The third-order valence-corrected chi connectivity index (χ3v) is 2.96. The van der Waals surface area contributed by atoms with E-state index in [4.69, 9.17) is 10.00 Å². The van der Waals surface area contributed by atoms with Gasteiger partial charge in [0.2, 0.25) is 5.91 Å². The molecule has 21 heavy (non-hydrogen) atoms. The highest BCUT2D eigenvalue weighted by atomic mass is 16.5. The molecule has 0 saturated heterocycles. The number of aliphatic hydroxyl groups is 1. The van der Waals surface area contributed by atoms with E-state index in [1.165, 1.54) is 6.08 Å². The first kappa shape index (κ1) is 16.9. The predicted octanol–water partition coefficient (Wildman–Crippen LogP) is 1.48. The van der Waals surface area contributed by atoms with Crippen molar-refractivity contribution in [2.75, 3.05) is 20.3 Å². The summed E-state index contributed by atoms with van der Waals surface area (Å²) in [6.07, 6.45) is 3.50. The SMILES string of the molecule is COCCC(C)(O)CNC(=O)/C=C/c1ccc(C#N)cc1. The highest BCUT2D eigenvalue weighted by molar-refractivity contribution is 5.91. The molecule has 0 spiro atoms. The largest absolute Gasteiger partial charge is 0.388 e. The lowest BCUT2D eigenvalue weighted by atomic mass is 10.0.